The van der Waals surface area contributed by atoms with E-state index in [1.807, 2.05) is 25.9 Å². The molecule has 1 atom stereocenters. The van der Waals surface area contributed by atoms with Crippen molar-refractivity contribution in [1.29, 1.82) is 0 Å². The van der Waals surface area contributed by atoms with Crippen molar-refractivity contribution in [3.8, 4) is 11.5 Å². The lowest BCUT2D eigenvalue weighted by Gasteiger charge is -2.26. The van der Waals surface area contributed by atoms with Gasteiger partial charge >= 0.3 is 0 Å². The average molecular weight is 459 g/mol. The number of Topliss-reactive ketones (excluding diaryl/α,β-unsaturated/α-hetero) is 1. The van der Waals surface area contributed by atoms with Gasteiger partial charge in [0.15, 0.2) is 0 Å². The fourth-order valence-electron chi connectivity index (χ4n) is 3.57. The zero-order chi connectivity index (χ0) is 23.4. The predicted octanol–water partition coefficient (Wildman–Crippen LogP) is 3.82. The first-order valence-electron chi connectivity index (χ1n) is 10.4. The number of phenols is 1. The van der Waals surface area contributed by atoms with Crippen LogP contribution < -0.4 is 4.74 Å². The number of ether oxygens (including phenoxy) is 1. The Morgan fingerprint density at radius 2 is 1.94 bits per heavy atom. The Balaban J connectivity index is 2.12. The quantitative estimate of drug-likeness (QED) is 0.355. The van der Waals surface area contributed by atoms with Crippen LogP contribution in [0.4, 0.5) is 0 Å². The molecule has 0 radical (unpaired) electrons. The van der Waals surface area contributed by atoms with Crippen LogP contribution in [0.2, 0.25) is 5.02 Å². The second-order valence-electron chi connectivity index (χ2n) is 7.88. The van der Waals surface area contributed by atoms with Crippen molar-refractivity contribution in [3.05, 3.63) is 64.2 Å². The van der Waals surface area contributed by atoms with Crippen molar-refractivity contribution in [3.63, 3.8) is 0 Å². The minimum Gasteiger partial charge on any atom is -0.507 e. The third kappa shape index (κ3) is 4.89. The van der Waals surface area contributed by atoms with Gasteiger partial charge in [0.05, 0.1) is 23.2 Å². The van der Waals surface area contributed by atoms with Gasteiger partial charge in [-0.15, -0.1) is 0 Å². The third-order valence-electron chi connectivity index (χ3n) is 5.20. The highest BCUT2D eigenvalue weighted by molar-refractivity contribution is 6.46. The van der Waals surface area contributed by atoms with Gasteiger partial charge in [-0.1, -0.05) is 36.7 Å². The van der Waals surface area contributed by atoms with Crippen LogP contribution in [0, 0.1) is 0 Å². The summed E-state index contributed by atoms with van der Waals surface area (Å²) in [5.41, 5.74) is 0.868. The SMILES string of the molecule is CCCOc1cccc(/C(O)=C2/C(=O)C(=O)N(CCN(C)C)C2c2ccc(O)c(Cl)c2)c1. The van der Waals surface area contributed by atoms with Crippen LogP contribution in [0.5, 0.6) is 11.5 Å². The van der Waals surface area contributed by atoms with Crippen LogP contribution in [-0.4, -0.2) is 65.5 Å². The number of carbonyl (C=O) groups is 2. The number of hydrogen-bond acceptors (Lipinski definition) is 6. The molecular formula is C24H27ClN2O5. The molecule has 0 saturated carbocycles. The Morgan fingerprint density at radius 3 is 2.59 bits per heavy atom. The molecule has 1 aliphatic rings. The molecule has 2 aromatic carbocycles. The van der Waals surface area contributed by atoms with E-state index in [2.05, 4.69) is 0 Å². The van der Waals surface area contributed by atoms with Gasteiger partial charge in [0.2, 0.25) is 0 Å². The first-order chi connectivity index (χ1) is 15.2. The summed E-state index contributed by atoms with van der Waals surface area (Å²) in [6.07, 6.45) is 0.828. The molecule has 1 amide bonds. The second-order valence-corrected chi connectivity index (χ2v) is 8.29. The maximum Gasteiger partial charge on any atom is 0.295 e. The standard InChI is InChI=1S/C24H27ClN2O5/c1-4-12-32-17-7-5-6-16(13-17)22(29)20-21(15-8-9-19(28)18(25)14-15)27(11-10-26(2)3)24(31)23(20)30/h5-9,13-14,21,28-29H,4,10-12H2,1-3H3/b22-20-. The number of likely N-dealkylation sites (tertiary alicyclic amines) is 1. The van der Waals surface area contributed by atoms with Crippen LogP contribution in [0.25, 0.3) is 5.76 Å². The molecule has 0 aliphatic carbocycles. The average Bonchev–Trinajstić information content (AvgIpc) is 3.02. The van der Waals surface area contributed by atoms with Gasteiger partial charge in [-0.25, -0.2) is 0 Å². The maximum absolute atomic E-state index is 13.0. The molecule has 170 valence electrons. The molecule has 2 aromatic rings. The van der Waals surface area contributed by atoms with Crippen molar-refractivity contribution >= 4 is 29.1 Å². The Morgan fingerprint density at radius 1 is 1.19 bits per heavy atom. The van der Waals surface area contributed by atoms with Gasteiger partial charge in [-0.2, -0.15) is 0 Å². The van der Waals surface area contributed by atoms with Gasteiger partial charge in [0, 0.05) is 18.7 Å². The zero-order valence-corrected chi connectivity index (χ0v) is 19.1. The molecule has 1 unspecified atom stereocenters. The molecule has 1 fully saturated rings. The first-order valence-corrected chi connectivity index (χ1v) is 10.8. The Bertz CT molecular complexity index is 1050. The van der Waals surface area contributed by atoms with E-state index in [9.17, 15) is 19.8 Å². The van der Waals surface area contributed by atoms with Crippen LogP contribution in [0.3, 0.4) is 0 Å². The molecule has 0 aromatic heterocycles. The molecular weight excluding hydrogens is 432 g/mol. The monoisotopic (exact) mass is 458 g/mol. The number of halogens is 1. The molecule has 1 aliphatic heterocycles. The Kier molecular flexibility index (Phi) is 7.43. The number of amides is 1. The van der Waals surface area contributed by atoms with E-state index in [1.165, 1.54) is 17.0 Å². The maximum atomic E-state index is 13.0. The topological polar surface area (TPSA) is 90.3 Å². The summed E-state index contributed by atoms with van der Waals surface area (Å²) in [5, 5.41) is 21.1. The Labute approximate surface area is 192 Å². The van der Waals surface area contributed by atoms with Crippen molar-refractivity contribution in [1.82, 2.24) is 9.80 Å². The number of phenolic OH excluding ortho intramolecular Hbond substituents is 1. The van der Waals surface area contributed by atoms with E-state index in [0.717, 1.165) is 6.42 Å². The van der Waals surface area contributed by atoms with Crippen molar-refractivity contribution in [2.24, 2.45) is 0 Å². The predicted molar refractivity (Wildman–Crippen MR) is 123 cm³/mol. The van der Waals surface area contributed by atoms with E-state index in [0.29, 0.717) is 30.0 Å². The number of nitrogens with zero attached hydrogens (tertiary/aromatic N) is 2. The summed E-state index contributed by atoms with van der Waals surface area (Å²) in [6, 6.07) is 10.4. The minimum atomic E-state index is -0.840. The summed E-state index contributed by atoms with van der Waals surface area (Å²) in [5.74, 6) is -1.30. The van der Waals surface area contributed by atoms with E-state index >= 15 is 0 Å². The number of aromatic hydroxyl groups is 1. The van der Waals surface area contributed by atoms with Crippen LogP contribution in [0.15, 0.2) is 48.0 Å². The largest absolute Gasteiger partial charge is 0.507 e. The summed E-state index contributed by atoms with van der Waals surface area (Å²) < 4.78 is 5.64. The fourth-order valence-corrected chi connectivity index (χ4v) is 3.76. The lowest BCUT2D eigenvalue weighted by Crippen LogP contribution is -2.35. The van der Waals surface area contributed by atoms with Gasteiger partial charge in [-0.3, -0.25) is 9.59 Å². The van der Waals surface area contributed by atoms with Crippen molar-refractivity contribution in [2.75, 3.05) is 33.8 Å². The van der Waals surface area contributed by atoms with Gasteiger partial charge in [0.25, 0.3) is 11.7 Å². The highest BCUT2D eigenvalue weighted by atomic mass is 35.5. The second kappa shape index (κ2) is 10.1. The van der Waals surface area contributed by atoms with Gasteiger partial charge in [0.1, 0.15) is 17.3 Å². The molecule has 8 heteroatoms. The van der Waals surface area contributed by atoms with Gasteiger partial charge < -0.3 is 24.7 Å². The lowest BCUT2D eigenvalue weighted by atomic mass is 9.95. The number of ketones is 1. The Hall–Kier alpha value is -3.03. The van der Waals surface area contributed by atoms with Crippen LogP contribution in [0.1, 0.15) is 30.5 Å². The van der Waals surface area contributed by atoms with Gasteiger partial charge in [-0.05, 0) is 50.3 Å². The molecule has 7 nitrogen and oxygen atoms in total. The first kappa shape index (κ1) is 23.6. The van der Waals surface area contributed by atoms with Crippen LogP contribution in [-0.2, 0) is 9.59 Å². The fraction of sp³-hybridized carbons (Fsp3) is 0.333. The van der Waals surface area contributed by atoms with Crippen molar-refractivity contribution < 1.29 is 24.5 Å². The molecule has 3 rings (SSSR count). The highest BCUT2D eigenvalue weighted by Gasteiger charge is 2.46. The summed E-state index contributed by atoms with van der Waals surface area (Å²) in [7, 11) is 3.73. The van der Waals surface area contributed by atoms with E-state index in [1.54, 1.807) is 30.3 Å². The number of aliphatic hydroxyl groups excluding tert-OH is 1. The normalized spacial score (nSPS) is 17.9. The molecule has 1 saturated heterocycles. The zero-order valence-electron chi connectivity index (χ0n) is 18.3. The minimum absolute atomic E-state index is 0.0249. The number of carbonyl (C=O) groups excluding carboxylic acids is 2. The number of rotatable bonds is 8. The molecule has 2 N–H and O–H groups in total. The number of benzene rings is 2. The van der Waals surface area contributed by atoms with E-state index in [-0.39, 0.29) is 28.6 Å². The van der Waals surface area contributed by atoms with E-state index < -0.39 is 17.7 Å². The van der Waals surface area contributed by atoms with Crippen molar-refractivity contribution in [2.45, 2.75) is 19.4 Å². The highest BCUT2D eigenvalue weighted by Crippen LogP contribution is 2.41. The molecule has 32 heavy (non-hydrogen) atoms. The van der Waals surface area contributed by atoms with E-state index in [4.69, 9.17) is 16.3 Å². The summed E-state index contributed by atoms with van der Waals surface area (Å²) >= 11 is 6.11. The number of aliphatic hydroxyl groups is 1. The number of likely N-dealkylation sites (N-methyl/N-ethyl adjacent to an activating group) is 1. The molecule has 1 heterocycles. The van der Waals surface area contributed by atoms with Crippen LogP contribution >= 0.6 is 11.6 Å². The summed E-state index contributed by atoms with van der Waals surface area (Å²) in [4.78, 5) is 29.3. The lowest BCUT2D eigenvalue weighted by molar-refractivity contribution is -0.140. The smallest absolute Gasteiger partial charge is 0.295 e. The number of hydrogen-bond donors (Lipinski definition) is 2. The summed E-state index contributed by atoms with van der Waals surface area (Å²) in [6.45, 7) is 3.31. The molecule has 0 spiro atoms. The molecule has 0 bridgehead atoms. The third-order valence-corrected chi connectivity index (χ3v) is 5.50.